The molecular weight excluding hydrogens is 1030 g/mol. The topological polar surface area (TPSA) is 187 Å². The second-order valence-corrected chi connectivity index (χ2v) is 21.1. The molecule has 11 aromatic rings. The van der Waals surface area contributed by atoms with E-state index in [0.717, 1.165) is 126 Å². The Kier molecular flexibility index (Phi) is 14.2. The van der Waals surface area contributed by atoms with Crippen molar-refractivity contribution < 1.29 is 19.2 Å². The highest BCUT2D eigenvalue weighted by Gasteiger charge is 2.21. The summed E-state index contributed by atoms with van der Waals surface area (Å²) in [5.74, 6) is 0.860. The van der Waals surface area contributed by atoms with Crippen molar-refractivity contribution in [1.82, 2.24) is 39.9 Å². The van der Waals surface area contributed by atoms with E-state index in [9.17, 15) is 9.90 Å². The zero-order valence-corrected chi connectivity index (χ0v) is 46.4. The molecule has 8 bridgehead atoms. The Hall–Kier alpha value is -10.3. The minimum atomic E-state index is -0.121. The van der Waals surface area contributed by atoms with Crippen LogP contribution in [0.5, 0.6) is 5.75 Å². The minimum absolute atomic E-state index is 0.121. The van der Waals surface area contributed by atoms with E-state index >= 15 is 0 Å². The highest BCUT2D eigenvalue weighted by atomic mass is 16.5. The number of methoxy groups -OCH3 is 1. The van der Waals surface area contributed by atoms with Crippen LogP contribution in [0, 0.1) is 13.8 Å². The van der Waals surface area contributed by atoms with E-state index in [-0.39, 0.29) is 18.2 Å². The molecule has 14 nitrogen and oxygen atoms in total. The Labute approximate surface area is 479 Å². The van der Waals surface area contributed by atoms with Crippen LogP contribution in [0.4, 0.5) is 5.69 Å². The van der Waals surface area contributed by atoms with E-state index in [0.29, 0.717) is 25.1 Å². The summed E-state index contributed by atoms with van der Waals surface area (Å²) in [5, 5.41) is 18.6. The number of pyridine rings is 4. The van der Waals surface area contributed by atoms with E-state index in [4.69, 9.17) is 14.7 Å². The van der Waals surface area contributed by atoms with Crippen molar-refractivity contribution >= 4 is 96.4 Å². The fourth-order valence-electron chi connectivity index (χ4n) is 11.7. The number of rotatable bonds is 16. The van der Waals surface area contributed by atoms with Crippen LogP contribution in [0.25, 0.3) is 123 Å². The summed E-state index contributed by atoms with van der Waals surface area (Å²) in [4.78, 5) is 52.7. The maximum Gasteiger partial charge on any atom is 0.224 e. The van der Waals surface area contributed by atoms with Crippen LogP contribution in [-0.4, -0.2) is 70.4 Å². The number of aromatic nitrogens is 9. The molecule has 83 heavy (non-hydrogen) atoms. The Morgan fingerprint density at radius 1 is 0.554 bits per heavy atom. The average molecular weight is 1090 g/mol. The molecule has 2 aliphatic rings. The summed E-state index contributed by atoms with van der Waals surface area (Å²) in [7, 11) is 1.71. The minimum Gasteiger partial charge on any atom is -0.497 e. The smallest absolute Gasteiger partial charge is 0.224 e. The molecule has 3 aromatic carbocycles. The SMILES string of the molecule is COc1ccc2[nH]c3c(C)c4cc[n+](CCCCCC(O)=NCCCC(=O)Nc5ccc(-c6c7nc(c(-c8ccncc8)c8nc(c(-c9ccncc9)c9ccc([nH]9)c(-c9ccncc9)c9ccc6[nH]9)C=C8)C=C7)cc5)cc4c(C)c3c2c1. The number of H-pyrrole nitrogens is 3. The van der Waals surface area contributed by atoms with E-state index in [1.165, 1.54) is 38.2 Å². The molecule has 1 amide bonds. The van der Waals surface area contributed by atoms with E-state index < -0.39 is 0 Å². The van der Waals surface area contributed by atoms with Crippen molar-refractivity contribution in [3.8, 4) is 50.3 Å². The van der Waals surface area contributed by atoms with Crippen molar-refractivity contribution in [1.29, 1.82) is 0 Å². The lowest BCUT2D eigenvalue weighted by molar-refractivity contribution is -0.696. The van der Waals surface area contributed by atoms with Crippen LogP contribution >= 0.6 is 0 Å². The molecule has 8 aromatic heterocycles. The van der Waals surface area contributed by atoms with Gasteiger partial charge in [-0.15, -0.1) is 0 Å². The number of aryl methyl sites for hydroxylation is 3. The lowest BCUT2D eigenvalue weighted by Crippen LogP contribution is -2.32. The number of aliphatic hydroxyl groups is 1. The highest BCUT2D eigenvalue weighted by Crippen LogP contribution is 2.40. The van der Waals surface area contributed by atoms with Crippen LogP contribution in [0.15, 0.2) is 164 Å². The average Bonchev–Trinajstić information content (AvgIpc) is 2.51. The van der Waals surface area contributed by atoms with Gasteiger partial charge in [-0.2, -0.15) is 0 Å². The molecule has 0 aliphatic carbocycles. The van der Waals surface area contributed by atoms with Crippen LogP contribution in [0.3, 0.4) is 0 Å². The fourth-order valence-corrected chi connectivity index (χ4v) is 11.7. The Morgan fingerprint density at radius 2 is 1.10 bits per heavy atom. The number of aromatic amines is 3. The Balaban J connectivity index is 0.710. The van der Waals surface area contributed by atoms with Gasteiger partial charge in [0, 0.05) is 141 Å². The third kappa shape index (κ3) is 10.4. The van der Waals surface area contributed by atoms with Crippen molar-refractivity contribution in [3.05, 3.63) is 193 Å². The lowest BCUT2D eigenvalue weighted by atomic mass is 9.97. The maximum atomic E-state index is 13.3. The molecule has 0 spiro atoms. The number of nitrogens with one attached hydrogen (secondary N) is 4. The van der Waals surface area contributed by atoms with Crippen LogP contribution in [0.1, 0.15) is 72.4 Å². The molecular formula is C69H60N11O3+. The van der Waals surface area contributed by atoms with Gasteiger partial charge in [-0.25, -0.2) is 14.5 Å². The molecule has 0 radical (unpaired) electrons. The van der Waals surface area contributed by atoms with Gasteiger partial charge in [-0.1, -0.05) is 12.1 Å². The quantitative estimate of drug-likeness (QED) is 0.0274. The van der Waals surface area contributed by atoms with Gasteiger partial charge in [0.1, 0.15) is 12.3 Å². The van der Waals surface area contributed by atoms with Crippen LogP contribution in [0.2, 0.25) is 0 Å². The zero-order valence-electron chi connectivity index (χ0n) is 46.4. The fraction of sp³-hybridized carbons (Fsp3) is 0.159. The molecule has 0 saturated carbocycles. The van der Waals surface area contributed by atoms with Gasteiger partial charge >= 0.3 is 0 Å². The molecule has 5 N–H and O–H groups in total. The Morgan fingerprint density at radius 3 is 1.70 bits per heavy atom. The second kappa shape index (κ2) is 22.7. The monoisotopic (exact) mass is 1090 g/mol. The molecule has 0 unspecified atom stereocenters. The first-order chi connectivity index (χ1) is 40.7. The summed E-state index contributed by atoms with van der Waals surface area (Å²) in [6, 6.07) is 36.7. The normalized spacial score (nSPS) is 12.3. The number of hydrogen-bond acceptors (Lipinski definition) is 8. The summed E-state index contributed by atoms with van der Waals surface area (Å²) >= 11 is 0. The first-order valence-corrected chi connectivity index (χ1v) is 28.2. The number of ether oxygens (including phenoxy) is 1. The molecule has 408 valence electrons. The van der Waals surface area contributed by atoms with Gasteiger partial charge in [-0.05, 0) is 187 Å². The predicted octanol–water partition coefficient (Wildman–Crippen LogP) is 15.1. The number of anilines is 1. The van der Waals surface area contributed by atoms with E-state index in [2.05, 4.69) is 132 Å². The molecule has 0 saturated heterocycles. The van der Waals surface area contributed by atoms with Crippen LogP contribution in [-0.2, 0) is 11.3 Å². The van der Waals surface area contributed by atoms with Crippen molar-refractivity contribution in [2.24, 2.45) is 4.99 Å². The van der Waals surface area contributed by atoms with Crippen molar-refractivity contribution in [3.63, 3.8) is 0 Å². The van der Waals surface area contributed by atoms with E-state index in [1.54, 1.807) is 44.3 Å². The number of amides is 1. The third-order valence-corrected chi connectivity index (χ3v) is 15.9. The van der Waals surface area contributed by atoms with Gasteiger partial charge in [0.2, 0.25) is 5.91 Å². The maximum absolute atomic E-state index is 13.3. The summed E-state index contributed by atoms with van der Waals surface area (Å²) in [6.45, 7) is 5.64. The predicted molar refractivity (Wildman–Crippen MR) is 335 cm³/mol. The molecule has 0 fully saturated rings. The summed E-state index contributed by atoms with van der Waals surface area (Å²) in [5.41, 5.74) is 19.6. The van der Waals surface area contributed by atoms with Crippen molar-refractivity contribution in [2.45, 2.75) is 58.9 Å². The number of aliphatic imine (C=N–C) groups is 1. The van der Waals surface area contributed by atoms with Gasteiger partial charge in [0.15, 0.2) is 18.3 Å². The number of carbonyl (C=O) groups excluding carboxylic acids is 1. The number of carbonyl (C=O) groups is 1. The third-order valence-electron chi connectivity index (χ3n) is 15.9. The largest absolute Gasteiger partial charge is 0.497 e. The highest BCUT2D eigenvalue weighted by molar-refractivity contribution is 6.16. The second-order valence-electron chi connectivity index (χ2n) is 21.1. The molecule has 14 heteroatoms. The van der Waals surface area contributed by atoms with Crippen molar-refractivity contribution in [2.75, 3.05) is 19.0 Å². The lowest BCUT2D eigenvalue weighted by Gasteiger charge is -2.09. The molecule has 0 atom stereocenters. The van der Waals surface area contributed by atoms with E-state index in [1.807, 2.05) is 72.8 Å². The first kappa shape index (κ1) is 52.1. The first-order valence-electron chi connectivity index (χ1n) is 28.2. The number of fused-ring (bicyclic) bond motifs is 12. The summed E-state index contributed by atoms with van der Waals surface area (Å²) < 4.78 is 7.83. The van der Waals surface area contributed by atoms with Gasteiger partial charge in [0.25, 0.3) is 0 Å². The zero-order chi connectivity index (χ0) is 56.4. The number of unbranched alkanes of at least 4 members (excludes halogenated alkanes) is 2. The molecule has 2 aliphatic heterocycles. The van der Waals surface area contributed by atoms with Gasteiger partial charge in [-0.3, -0.25) is 24.7 Å². The number of hydrogen-bond donors (Lipinski definition) is 5. The van der Waals surface area contributed by atoms with Crippen LogP contribution < -0.4 is 14.6 Å². The number of nitrogens with zero attached hydrogens (tertiary/aromatic N) is 7. The van der Waals surface area contributed by atoms with Gasteiger partial charge in [0.05, 0.1) is 35.4 Å². The number of benzene rings is 3. The molecule has 13 rings (SSSR count). The summed E-state index contributed by atoms with van der Waals surface area (Å²) in [6.07, 6.45) is 27.5. The molecule has 10 heterocycles. The Bertz CT molecular complexity index is 4560. The number of aliphatic hydroxyl groups excluding tert-OH is 1. The van der Waals surface area contributed by atoms with Gasteiger partial charge < -0.3 is 30.1 Å². The standard InChI is InChI=1S/C69H59N11O3/c1-42-52-41-80(39-30-50(52)43(2)69-64(42)51-40-49(83-3)14-15-53(51)79-69)38-6-4-5-8-62(81)73-31-7-9-63(82)74-48-12-10-44(11-13-48)65-54-16-18-56(75-54)66(45-24-32-70-33-25-45)58-20-22-60(77-58)68(47-28-36-72-37-29-47)61-23-21-59(78-61)67(46-26-34-71-35-27-46)57-19-17-55(65)76-57/h10-30,32-37,39-41H,4-9,31,38H2,1-3H3,(H4,70,71,72,73,74,75,76,77,78,81,82)/p+1.